The number of rotatable bonds is 3. The average molecular weight is 320 g/mol. The summed E-state index contributed by atoms with van der Waals surface area (Å²) in [5, 5.41) is 0. The summed E-state index contributed by atoms with van der Waals surface area (Å²) in [5.74, 6) is -0.421. The van der Waals surface area contributed by atoms with Crippen molar-refractivity contribution >= 4 is 27.6 Å². The number of esters is 1. The summed E-state index contributed by atoms with van der Waals surface area (Å²) >= 11 is 3.29. The van der Waals surface area contributed by atoms with E-state index in [1.807, 2.05) is 37.3 Å². The van der Waals surface area contributed by atoms with Crippen LogP contribution in [-0.4, -0.2) is 5.97 Å². The van der Waals surface area contributed by atoms with Gasteiger partial charge in [-0.05, 0) is 40.5 Å². The van der Waals surface area contributed by atoms with E-state index in [0.717, 1.165) is 5.56 Å². The highest BCUT2D eigenvalue weighted by atomic mass is 79.9. The zero-order valence-corrected chi connectivity index (χ0v) is 12.1. The molecule has 0 aliphatic carbocycles. The second-order valence-corrected chi connectivity index (χ2v) is 5.01. The van der Waals surface area contributed by atoms with Gasteiger partial charge in [-0.2, -0.15) is 0 Å². The van der Waals surface area contributed by atoms with Gasteiger partial charge in [0.05, 0.1) is 11.3 Å². The van der Waals surface area contributed by atoms with Gasteiger partial charge in [0.1, 0.15) is 6.10 Å². The largest absolute Gasteiger partial charge is 0.454 e. The maximum atomic E-state index is 12.1. The van der Waals surface area contributed by atoms with Crippen molar-refractivity contribution in [3.8, 4) is 0 Å². The first kappa shape index (κ1) is 13.6. The van der Waals surface area contributed by atoms with Crippen molar-refractivity contribution in [3.05, 3.63) is 64.1 Å². The Hall–Kier alpha value is -1.81. The molecule has 0 saturated heterocycles. The quantitative estimate of drug-likeness (QED) is 0.688. The lowest BCUT2D eigenvalue weighted by Crippen LogP contribution is -2.11. The van der Waals surface area contributed by atoms with Crippen LogP contribution in [0.1, 0.15) is 28.9 Å². The van der Waals surface area contributed by atoms with Gasteiger partial charge in [0.15, 0.2) is 0 Å². The molecule has 4 heteroatoms. The second kappa shape index (κ2) is 5.89. The van der Waals surface area contributed by atoms with Crippen LogP contribution in [-0.2, 0) is 4.74 Å². The monoisotopic (exact) mass is 319 g/mol. The van der Waals surface area contributed by atoms with Crippen LogP contribution >= 0.6 is 15.9 Å². The highest BCUT2D eigenvalue weighted by Gasteiger charge is 2.16. The Morgan fingerprint density at radius 1 is 1.16 bits per heavy atom. The molecule has 98 valence electrons. The van der Waals surface area contributed by atoms with Crippen molar-refractivity contribution in [3.63, 3.8) is 0 Å². The molecule has 1 unspecified atom stereocenters. The predicted molar refractivity (Wildman–Crippen MR) is 78.8 cm³/mol. The van der Waals surface area contributed by atoms with Crippen molar-refractivity contribution in [2.45, 2.75) is 13.0 Å². The van der Waals surface area contributed by atoms with E-state index < -0.39 is 5.97 Å². The molecule has 2 rings (SSSR count). The first-order chi connectivity index (χ1) is 9.09. The van der Waals surface area contributed by atoms with Crippen molar-refractivity contribution in [2.75, 3.05) is 5.73 Å². The predicted octanol–water partition coefficient (Wildman–Crippen LogP) is 3.95. The molecule has 0 radical (unpaired) electrons. The van der Waals surface area contributed by atoms with Gasteiger partial charge in [0, 0.05) is 4.47 Å². The first-order valence-electron chi connectivity index (χ1n) is 5.89. The number of carbonyl (C=O) groups is 1. The average Bonchev–Trinajstić information content (AvgIpc) is 2.42. The minimum Gasteiger partial charge on any atom is -0.454 e. The van der Waals surface area contributed by atoms with Gasteiger partial charge in [0.2, 0.25) is 0 Å². The lowest BCUT2D eigenvalue weighted by molar-refractivity contribution is 0.0339. The summed E-state index contributed by atoms with van der Waals surface area (Å²) in [6.45, 7) is 1.83. The number of halogens is 1. The molecule has 3 nitrogen and oxygen atoms in total. The van der Waals surface area contributed by atoms with E-state index in [0.29, 0.717) is 15.7 Å². The molecule has 0 fully saturated rings. The Balaban J connectivity index is 2.16. The van der Waals surface area contributed by atoms with Crippen LogP contribution in [0.15, 0.2) is 53.0 Å². The van der Waals surface area contributed by atoms with E-state index >= 15 is 0 Å². The molecule has 0 aliphatic rings. The number of nitrogen functional groups attached to an aromatic ring is 1. The third-order valence-electron chi connectivity index (χ3n) is 2.83. The molecule has 19 heavy (non-hydrogen) atoms. The van der Waals surface area contributed by atoms with Crippen molar-refractivity contribution in [1.29, 1.82) is 0 Å². The summed E-state index contributed by atoms with van der Waals surface area (Å²) in [7, 11) is 0. The molecule has 2 aromatic carbocycles. The van der Waals surface area contributed by atoms with Crippen LogP contribution in [0.3, 0.4) is 0 Å². The van der Waals surface area contributed by atoms with E-state index in [-0.39, 0.29) is 6.10 Å². The smallest absolute Gasteiger partial charge is 0.340 e. The summed E-state index contributed by atoms with van der Waals surface area (Å²) < 4.78 is 6.11. The van der Waals surface area contributed by atoms with Gasteiger partial charge in [-0.3, -0.25) is 0 Å². The van der Waals surface area contributed by atoms with Gasteiger partial charge in [-0.15, -0.1) is 0 Å². The Morgan fingerprint density at radius 3 is 2.53 bits per heavy atom. The van der Waals surface area contributed by atoms with Crippen LogP contribution in [0, 0.1) is 0 Å². The molecule has 0 amide bonds. The molecule has 0 bridgehead atoms. The Labute approximate surface area is 120 Å². The van der Waals surface area contributed by atoms with Gasteiger partial charge < -0.3 is 10.5 Å². The Kier molecular flexibility index (Phi) is 4.22. The highest BCUT2D eigenvalue weighted by molar-refractivity contribution is 9.10. The molecule has 0 heterocycles. The normalized spacial score (nSPS) is 11.9. The van der Waals surface area contributed by atoms with Crippen LogP contribution in [0.5, 0.6) is 0 Å². The molecule has 0 saturated carbocycles. The topological polar surface area (TPSA) is 52.3 Å². The molecule has 2 aromatic rings. The Bertz CT molecular complexity index is 584. The second-order valence-electron chi connectivity index (χ2n) is 4.16. The third-order valence-corrected chi connectivity index (χ3v) is 3.52. The van der Waals surface area contributed by atoms with Crippen molar-refractivity contribution < 1.29 is 9.53 Å². The van der Waals surface area contributed by atoms with Crippen LogP contribution in [0.2, 0.25) is 0 Å². The molecule has 0 aromatic heterocycles. The van der Waals surface area contributed by atoms with Gasteiger partial charge in [-0.1, -0.05) is 36.4 Å². The van der Waals surface area contributed by atoms with Crippen LogP contribution < -0.4 is 5.73 Å². The van der Waals surface area contributed by atoms with Crippen LogP contribution in [0.4, 0.5) is 5.69 Å². The Morgan fingerprint density at radius 2 is 1.84 bits per heavy atom. The third kappa shape index (κ3) is 3.15. The number of benzene rings is 2. The fraction of sp³-hybridized carbons (Fsp3) is 0.133. The molecule has 0 spiro atoms. The van der Waals surface area contributed by atoms with Crippen LogP contribution in [0.25, 0.3) is 0 Å². The molecule has 2 N–H and O–H groups in total. The fourth-order valence-electron chi connectivity index (χ4n) is 1.73. The number of hydrogen-bond acceptors (Lipinski definition) is 3. The summed E-state index contributed by atoms with van der Waals surface area (Å²) in [5.41, 5.74) is 7.57. The van der Waals surface area contributed by atoms with E-state index in [1.165, 1.54) is 0 Å². The zero-order chi connectivity index (χ0) is 13.8. The molecule has 0 aliphatic heterocycles. The van der Waals surface area contributed by atoms with Crippen molar-refractivity contribution in [1.82, 2.24) is 0 Å². The first-order valence-corrected chi connectivity index (χ1v) is 6.69. The minimum absolute atomic E-state index is 0.313. The zero-order valence-electron chi connectivity index (χ0n) is 10.5. The minimum atomic E-state index is -0.421. The van der Waals surface area contributed by atoms with E-state index in [4.69, 9.17) is 10.5 Å². The molecular weight excluding hydrogens is 306 g/mol. The number of ether oxygens (including phenoxy) is 1. The fourth-order valence-corrected chi connectivity index (χ4v) is 2.10. The number of hydrogen-bond donors (Lipinski definition) is 1. The highest BCUT2D eigenvalue weighted by Crippen LogP contribution is 2.25. The number of anilines is 1. The van der Waals surface area contributed by atoms with Gasteiger partial charge in [0.25, 0.3) is 0 Å². The van der Waals surface area contributed by atoms with E-state index in [1.54, 1.807) is 18.2 Å². The van der Waals surface area contributed by atoms with Crippen molar-refractivity contribution in [2.24, 2.45) is 0 Å². The molecular formula is C15H14BrNO2. The summed E-state index contributed by atoms with van der Waals surface area (Å²) in [6, 6.07) is 14.8. The summed E-state index contributed by atoms with van der Waals surface area (Å²) in [6.07, 6.45) is -0.313. The SMILES string of the molecule is CC(OC(=O)c1cccc(Br)c1N)c1ccccc1. The number of carbonyl (C=O) groups excluding carboxylic acids is 1. The maximum Gasteiger partial charge on any atom is 0.340 e. The lowest BCUT2D eigenvalue weighted by atomic mass is 10.1. The summed E-state index contributed by atoms with van der Waals surface area (Å²) in [4.78, 5) is 12.1. The maximum absolute atomic E-state index is 12.1. The standard InChI is InChI=1S/C15H14BrNO2/c1-10(11-6-3-2-4-7-11)19-15(18)12-8-5-9-13(16)14(12)17/h2-10H,17H2,1H3. The van der Waals surface area contributed by atoms with Gasteiger partial charge >= 0.3 is 5.97 Å². The molecule has 1 atom stereocenters. The lowest BCUT2D eigenvalue weighted by Gasteiger charge is -2.14. The van der Waals surface area contributed by atoms with E-state index in [9.17, 15) is 4.79 Å². The number of nitrogens with two attached hydrogens (primary N) is 1. The van der Waals surface area contributed by atoms with E-state index in [2.05, 4.69) is 15.9 Å². The number of para-hydroxylation sites is 1. The van der Waals surface area contributed by atoms with Gasteiger partial charge in [-0.25, -0.2) is 4.79 Å².